The maximum Gasteiger partial charge on any atom is -0.0208 e. The highest BCUT2D eigenvalue weighted by Crippen LogP contribution is 2.22. The molecule has 0 aliphatic heterocycles. The molecule has 0 heteroatoms. The fourth-order valence-corrected chi connectivity index (χ4v) is 1.66. The Morgan fingerprint density at radius 2 is 2.18 bits per heavy atom. The van der Waals surface area contributed by atoms with Crippen molar-refractivity contribution in [2.24, 2.45) is 11.8 Å². The van der Waals surface area contributed by atoms with Gasteiger partial charge in [0.25, 0.3) is 0 Å². The second-order valence-electron chi connectivity index (χ2n) is 3.71. The Bertz CT molecular complexity index is 122. The topological polar surface area (TPSA) is 0 Å². The van der Waals surface area contributed by atoms with Crippen molar-refractivity contribution in [3.05, 3.63) is 19.1 Å². The van der Waals surface area contributed by atoms with Crippen molar-refractivity contribution < 1.29 is 0 Å². The van der Waals surface area contributed by atoms with E-state index in [1.165, 1.54) is 32.1 Å². The Kier molecular flexibility index (Phi) is 3.68. The number of hydrogen-bond acceptors (Lipinski definition) is 0. The molecular weight excluding hydrogens is 132 g/mol. The predicted octanol–water partition coefficient (Wildman–Crippen LogP) is 3.59. The smallest absolute Gasteiger partial charge is 0.0208 e. The molecule has 0 amide bonds. The Hall–Kier alpha value is -0.260. The summed E-state index contributed by atoms with van der Waals surface area (Å²) in [5.41, 5.74) is 0. The summed E-state index contributed by atoms with van der Waals surface area (Å²) in [5, 5.41) is 0. The third-order valence-corrected chi connectivity index (χ3v) is 2.52. The fraction of sp³-hybridized carbons (Fsp3) is 0.727. The zero-order valence-corrected chi connectivity index (χ0v) is 7.55. The number of hydrogen-bond donors (Lipinski definition) is 0. The van der Waals surface area contributed by atoms with Crippen LogP contribution < -0.4 is 0 Å². The van der Waals surface area contributed by atoms with Crippen molar-refractivity contribution in [2.75, 3.05) is 0 Å². The van der Waals surface area contributed by atoms with E-state index in [1.807, 2.05) is 0 Å². The van der Waals surface area contributed by atoms with Crippen LogP contribution in [0.4, 0.5) is 0 Å². The van der Waals surface area contributed by atoms with Gasteiger partial charge in [-0.2, -0.15) is 0 Å². The highest BCUT2D eigenvalue weighted by molar-refractivity contribution is 4.92. The van der Waals surface area contributed by atoms with Gasteiger partial charge in [0.2, 0.25) is 0 Å². The van der Waals surface area contributed by atoms with E-state index >= 15 is 0 Å². The summed E-state index contributed by atoms with van der Waals surface area (Å²) < 4.78 is 0. The van der Waals surface area contributed by atoms with Gasteiger partial charge in [-0.1, -0.05) is 31.9 Å². The maximum absolute atomic E-state index is 4.08. The van der Waals surface area contributed by atoms with Crippen LogP contribution >= 0.6 is 0 Å². The molecule has 0 fully saturated rings. The summed E-state index contributed by atoms with van der Waals surface area (Å²) in [6.07, 6.45) is 11.5. The van der Waals surface area contributed by atoms with Crippen LogP contribution in [0.25, 0.3) is 0 Å². The standard InChI is InChI=1S/C11H19/c1-10(2)11-8-6-4-3-5-7-9-11/h6,8,10-11H,1,3-5,7,9H2,2H3. The molecule has 1 rings (SSSR count). The van der Waals surface area contributed by atoms with Crippen LogP contribution in [-0.2, 0) is 0 Å². The van der Waals surface area contributed by atoms with Crippen molar-refractivity contribution in [2.45, 2.75) is 39.0 Å². The first-order valence-corrected chi connectivity index (χ1v) is 4.80. The van der Waals surface area contributed by atoms with Crippen molar-refractivity contribution in [1.82, 2.24) is 0 Å². The molecule has 0 bridgehead atoms. The normalized spacial score (nSPS) is 26.6. The van der Waals surface area contributed by atoms with E-state index in [9.17, 15) is 0 Å². The lowest BCUT2D eigenvalue weighted by Crippen LogP contribution is -2.06. The molecule has 0 aromatic rings. The van der Waals surface area contributed by atoms with Gasteiger partial charge in [0, 0.05) is 0 Å². The zero-order chi connectivity index (χ0) is 8.10. The van der Waals surface area contributed by atoms with E-state index < -0.39 is 0 Å². The zero-order valence-electron chi connectivity index (χ0n) is 7.55. The first-order chi connectivity index (χ1) is 5.30. The lowest BCUT2D eigenvalue weighted by Gasteiger charge is -2.18. The van der Waals surface area contributed by atoms with E-state index in [0.29, 0.717) is 5.92 Å². The first kappa shape index (κ1) is 8.83. The minimum Gasteiger partial charge on any atom is -0.0882 e. The first-order valence-electron chi connectivity index (χ1n) is 4.80. The highest BCUT2D eigenvalue weighted by Gasteiger charge is 2.10. The van der Waals surface area contributed by atoms with Gasteiger partial charge in [-0.3, -0.25) is 0 Å². The predicted molar refractivity (Wildman–Crippen MR) is 50.2 cm³/mol. The van der Waals surface area contributed by atoms with E-state index in [1.54, 1.807) is 0 Å². The quantitative estimate of drug-likeness (QED) is 0.502. The van der Waals surface area contributed by atoms with Crippen molar-refractivity contribution in [1.29, 1.82) is 0 Å². The van der Waals surface area contributed by atoms with E-state index in [4.69, 9.17) is 0 Å². The molecule has 0 N–H and O–H groups in total. The molecular formula is C11H19. The molecule has 2 unspecified atom stereocenters. The second-order valence-corrected chi connectivity index (χ2v) is 3.71. The Morgan fingerprint density at radius 3 is 2.91 bits per heavy atom. The molecule has 1 aliphatic carbocycles. The molecule has 63 valence electrons. The van der Waals surface area contributed by atoms with Gasteiger partial charge >= 0.3 is 0 Å². The second kappa shape index (κ2) is 4.58. The van der Waals surface area contributed by atoms with Gasteiger partial charge in [-0.05, 0) is 38.0 Å². The molecule has 0 nitrogen and oxygen atoms in total. The lowest BCUT2D eigenvalue weighted by atomic mass is 9.88. The van der Waals surface area contributed by atoms with Crippen LogP contribution in [0.2, 0.25) is 0 Å². The number of allylic oxidation sites excluding steroid dienone is 2. The largest absolute Gasteiger partial charge is 0.0882 e. The molecule has 0 aromatic heterocycles. The molecule has 1 aliphatic rings. The van der Waals surface area contributed by atoms with Crippen LogP contribution in [0.1, 0.15) is 39.0 Å². The van der Waals surface area contributed by atoms with E-state index in [0.717, 1.165) is 5.92 Å². The SMILES string of the molecule is [CH2]C(C)C1C=CCCCCC1. The lowest BCUT2D eigenvalue weighted by molar-refractivity contribution is 0.438. The average Bonchev–Trinajstić information content (AvgIpc) is 1.84. The van der Waals surface area contributed by atoms with E-state index in [-0.39, 0.29) is 0 Å². The van der Waals surface area contributed by atoms with Crippen LogP contribution in [0, 0.1) is 18.8 Å². The molecule has 0 spiro atoms. The third kappa shape index (κ3) is 3.09. The molecule has 1 radical (unpaired) electrons. The molecule has 2 atom stereocenters. The maximum atomic E-state index is 4.08. The summed E-state index contributed by atoms with van der Waals surface area (Å²) >= 11 is 0. The minimum absolute atomic E-state index is 0.587. The Labute approximate surface area is 70.7 Å². The molecule has 11 heavy (non-hydrogen) atoms. The molecule has 0 saturated carbocycles. The van der Waals surface area contributed by atoms with E-state index in [2.05, 4.69) is 26.0 Å². The van der Waals surface area contributed by atoms with Crippen molar-refractivity contribution in [3.8, 4) is 0 Å². The fourth-order valence-electron chi connectivity index (χ4n) is 1.66. The third-order valence-electron chi connectivity index (χ3n) is 2.52. The summed E-state index contributed by atoms with van der Waals surface area (Å²) in [4.78, 5) is 0. The highest BCUT2D eigenvalue weighted by atomic mass is 14.2. The minimum atomic E-state index is 0.587. The van der Waals surface area contributed by atoms with Gasteiger partial charge in [0.05, 0.1) is 0 Å². The summed E-state index contributed by atoms with van der Waals surface area (Å²) in [6, 6.07) is 0. The molecule has 0 heterocycles. The van der Waals surface area contributed by atoms with Crippen molar-refractivity contribution in [3.63, 3.8) is 0 Å². The Balaban J connectivity index is 2.42. The van der Waals surface area contributed by atoms with Gasteiger partial charge in [-0.25, -0.2) is 0 Å². The van der Waals surface area contributed by atoms with Gasteiger partial charge < -0.3 is 0 Å². The summed E-state index contributed by atoms with van der Waals surface area (Å²) in [5.74, 6) is 1.33. The summed E-state index contributed by atoms with van der Waals surface area (Å²) in [6.45, 7) is 6.30. The van der Waals surface area contributed by atoms with Crippen LogP contribution in [0.15, 0.2) is 12.2 Å². The van der Waals surface area contributed by atoms with Gasteiger partial charge in [0.15, 0.2) is 0 Å². The Morgan fingerprint density at radius 1 is 1.36 bits per heavy atom. The van der Waals surface area contributed by atoms with Crippen molar-refractivity contribution >= 4 is 0 Å². The van der Waals surface area contributed by atoms with Crippen LogP contribution in [0.3, 0.4) is 0 Å². The summed E-state index contributed by atoms with van der Waals surface area (Å²) in [7, 11) is 0. The van der Waals surface area contributed by atoms with Gasteiger partial charge in [0.1, 0.15) is 0 Å². The monoisotopic (exact) mass is 151 g/mol. The average molecular weight is 151 g/mol. The molecule has 0 aromatic carbocycles. The van der Waals surface area contributed by atoms with Crippen LogP contribution in [0.5, 0.6) is 0 Å². The molecule has 0 saturated heterocycles. The van der Waals surface area contributed by atoms with Crippen LogP contribution in [-0.4, -0.2) is 0 Å². The van der Waals surface area contributed by atoms with Gasteiger partial charge in [-0.15, -0.1) is 0 Å². The number of rotatable bonds is 1.